The number of rotatable bonds is 6. The van der Waals surface area contributed by atoms with Crippen molar-refractivity contribution in [1.82, 2.24) is 4.90 Å². The Morgan fingerprint density at radius 2 is 2.21 bits per heavy atom. The number of hydrogen-bond acceptors (Lipinski definition) is 3. The summed E-state index contributed by atoms with van der Waals surface area (Å²) >= 11 is 0. The number of nitrogens with zero attached hydrogens (tertiary/aromatic N) is 1. The van der Waals surface area contributed by atoms with Crippen LogP contribution in [0.5, 0.6) is 5.75 Å². The van der Waals surface area contributed by atoms with Gasteiger partial charge in [0, 0.05) is 12.5 Å². The topological polar surface area (TPSA) is 29.5 Å². The van der Waals surface area contributed by atoms with Crippen molar-refractivity contribution < 1.29 is 9.53 Å². The van der Waals surface area contributed by atoms with Crippen LogP contribution in [0, 0.1) is 0 Å². The molecule has 1 fully saturated rings. The average molecular weight is 261 g/mol. The summed E-state index contributed by atoms with van der Waals surface area (Å²) in [6, 6.07) is 8.18. The minimum Gasteiger partial charge on any atom is -0.493 e. The van der Waals surface area contributed by atoms with Crippen molar-refractivity contribution in [3.63, 3.8) is 0 Å². The van der Waals surface area contributed by atoms with Crippen molar-refractivity contribution in [3.8, 4) is 5.75 Å². The third-order valence-electron chi connectivity index (χ3n) is 3.89. The number of ether oxygens (including phenoxy) is 1. The summed E-state index contributed by atoms with van der Waals surface area (Å²) in [5, 5.41) is 0. The molecule has 1 aromatic carbocycles. The van der Waals surface area contributed by atoms with Gasteiger partial charge in [-0.1, -0.05) is 19.1 Å². The zero-order valence-corrected chi connectivity index (χ0v) is 11.9. The van der Waals surface area contributed by atoms with E-state index in [0.717, 1.165) is 12.2 Å². The number of hydrogen-bond donors (Lipinski definition) is 0. The van der Waals surface area contributed by atoms with Gasteiger partial charge in [0.1, 0.15) is 5.75 Å². The van der Waals surface area contributed by atoms with Crippen LogP contribution in [-0.4, -0.2) is 36.9 Å². The molecule has 1 aromatic rings. The van der Waals surface area contributed by atoms with Gasteiger partial charge in [0.25, 0.3) is 0 Å². The van der Waals surface area contributed by atoms with E-state index in [2.05, 4.69) is 11.9 Å². The minimum atomic E-state index is 0.147. The molecule has 0 saturated carbocycles. The lowest BCUT2D eigenvalue weighted by Gasteiger charge is -2.19. The molecule has 1 atom stereocenters. The van der Waals surface area contributed by atoms with Gasteiger partial charge in [-0.2, -0.15) is 0 Å². The molecule has 0 aromatic heterocycles. The molecular formula is C16H23NO2. The Morgan fingerprint density at radius 3 is 2.89 bits per heavy atom. The highest BCUT2D eigenvalue weighted by atomic mass is 16.5. The molecule has 0 N–H and O–H groups in total. The van der Waals surface area contributed by atoms with Gasteiger partial charge in [0.05, 0.1) is 12.2 Å². The Morgan fingerprint density at radius 1 is 1.42 bits per heavy atom. The highest BCUT2D eigenvalue weighted by molar-refractivity contribution is 5.98. The van der Waals surface area contributed by atoms with E-state index in [9.17, 15) is 4.79 Å². The van der Waals surface area contributed by atoms with Crippen LogP contribution < -0.4 is 4.74 Å². The van der Waals surface area contributed by atoms with Gasteiger partial charge in [-0.15, -0.1) is 0 Å². The largest absolute Gasteiger partial charge is 0.493 e. The van der Waals surface area contributed by atoms with Gasteiger partial charge < -0.3 is 9.64 Å². The third-order valence-corrected chi connectivity index (χ3v) is 3.89. The summed E-state index contributed by atoms with van der Waals surface area (Å²) in [6.45, 7) is 3.76. The molecule has 0 bridgehead atoms. The van der Waals surface area contributed by atoms with E-state index in [1.54, 1.807) is 0 Å². The zero-order chi connectivity index (χ0) is 13.7. The molecule has 1 heterocycles. The normalized spacial score (nSPS) is 19.6. The molecule has 2 rings (SSSR count). The first-order chi connectivity index (χ1) is 9.22. The van der Waals surface area contributed by atoms with Crippen molar-refractivity contribution in [1.29, 1.82) is 0 Å². The fraction of sp³-hybridized carbons (Fsp3) is 0.562. The smallest absolute Gasteiger partial charge is 0.166 e. The second-order valence-corrected chi connectivity index (χ2v) is 5.19. The number of para-hydroxylation sites is 1. The summed E-state index contributed by atoms with van der Waals surface area (Å²) in [6.07, 6.45) is 4.10. The molecule has 1 aliphatic heterocycles. The average Bonchev–Trinajstić information content (AvgIpc) is 2.84. The lowest BCUT2D eigenvalue weighted by atomic mass is 10.1. The second-order valence-electron chi connectivity index (χ2n) is 5.19. The van der Waals surface area contributed by atoms with Gasteiger partial charge in [0.15, 0.2) is 5.78 Å². The number of Topliss-reactive ketones (excluding diaryl/α,β-unsaturated/α-hetero) is 1. The fourth-order valence-electron chi connectivity index (χ4n) is 2.66. The number of likely N-dealkylation sites (tertiary alicyclic amines) is 1. The molecule has 3 heteroatoms. The number of carbonyl (C=O) groups excluding carboxylic acids is 1. The van der Waals surface area contributed by atoms with Crippen LogP contribution in [0.1, 0.15) is 43.0 Å². The lowest BCUT2D eigenvalue weighted by Crippen LogP contribution is -2.26. The highest BCUT2D eigenvalue weighted by Gasteiger charge is 2.20. The van der Waals surface area contributed by atoms with Crippen LogP contribution in [0.25, 0.3) is 0 Å². The molecule has 1 aliphatic rings. The van der Waals surface area contributed by atoms with Crippen molar-refractivity contribution in [2.24, 2.45) is 0 Å². The summed E-state index contributed by atoms with van der Waals surface area (Å²) in [5.74, 6) is 0.878. The van der Waals surface area contributed by atoms with Crippen molar-refractivity contribution in [3.05, 3.63) is 29.8 Å². The van der Waals surface area contributed by atoms with Crippen LogP contribution in [0.2, 0.25) is 0 Å². The molecule has 104 valence electrons. The lowest BCUT2D eigenvalue weighted by molar-refractivity contribution is 0.0983. The molecule has 1 saturated heterocycles. The Kier molecular flexibility index (Phi) is 4.97. The van der Waals surface area contributed by atoms with Gasteiger partial charge in [-0.3, -0.25) is 4.79 Å². The van der Waals surface area contributed by atoms with E-state index < -0.39 is 0 Å². The van der Waals surface area contributed by atoms with Gasteiger partial charge in [-0.05, 0) is 45.0 Å². The van der Waals surface area contributed by atoms with E-state index in [1.807, 2.05) is 31.2 Å². The quantitative estimate of drug-likeness (QED) is 0.737. The number of ketones is 1. The number of benzene rings is 1. The van der Waals surface area contributed by atoms with E-state index in [-0.39, 0.29) is 5.78 Å². The highest BCUT2D eigenvalue weighted by Crippen LogP contribution is 2.22. The maximum Gasteiger partial charge on any atom is 0.166 e. The molecular weight excluding hydrogens is 238 g/mol. The summed E-state index contributed by atoms with van der Waals surface area (Å²) in [7, 11) is 2.17. The Balaban J connectivity index is 1.90. The second kappa shape index (κ2) is 6.71. The first-order valence-electron chi connectivity index (χ1n) is 7.17. The van der Waals surface area contributed by atoms with Crippen molar-refractivity contribution in [2.45, 2.75) is 38.6 Å². The molecule has 3 nitrogen and oxygen atoms in total. The van der Waals surface area contributed by atoms with E-state index in [1.165, 1.54) is 19.4 Å². The third kappa shape index (κ3) is 3.57. The predicted molar refractivity (Wildman–Crippen MR) is 76.8 cm³/mol. The first kappa shape index (κ1) is 14.1. The van der Waals surface area contributed by atoms with Crippen LogP contribution >= 0.6 is 0 Å². The van der Waals surface area contributed by atoms with Crippen LogP contribution in [-0.2, 0) is 0 Å². The van der Waals surface area contributed by atoms with Crippen molar-refractivity contribution in [2.75, 3.05) is 20.2 Å². The SMILES string of the molecule is CCC(=O)c1ccccc1OCCC1CCCN1C. The first-order valence-corrected chi connectivity index (χ1v) is 7.17. The maximum absolute atomic E-state index is 11.8. The van der Waals surface area contributed by atoms with Crippen LogP contribution in [0.4, 0.5) is 0 Å². The van der Waals surface area contributed by atoms with Gasteiger partial charge >= 0.3 is 0 Å². The molecule has 0 aliphatic carbocycles. The zero-order valence-electron chi connectivity index (χ0n) is 11.9. The summed E-state index contributed by atoms with van der Waals surface area (Å²) in [4.78, 5) is 14.2. The minimum absolute atomic E-state index is 0.147. The summed E-state index contributed by atoms with van der Waals surface area (Å²) < 4.78 is 5.82. The Bertz CT molecular complexity index is 431. The molecule has 0 amide bonds. The Hall–Kier alpha value is -1.35. The number of carbonyl (C=O) groups is 1. The Labute approximate surface area is 115 Å². The van der Waals surface area contributed by atoms with Crippen LogP contribution in [0.15, 0.2) is 24.3 Å². The van der Waals surface area contributed by atoms with Crippen LogP contribution in [0.3, 0.4) is 0 Å². The summed E-state index contributed by atoms with van der Waals surface area (Å²) in [5.41, 5.74) is 0.713. The van der Waals surface area contributed by atoms with E-state index in [4.69, 9.17) is 4.74 Å². The molecule has 19 heavy (non-hydrogen) atoms. The predicted octanol–water partition coefficient (Wildman–Crippen LogP) is 3.14. The maximum atomic E-state index is 11.8. The fourth-order valence-corrected chi connectivity index (χ4v) is 2.66. The molecule has 1 unspecified atom stereocenters. The molecule has 0 radical (unpaired) electrons. The van der Waals surface area contributed by atoms with Gasteiger partial charge in [-0.25, -0.2) is 0 Å². The van der Waals surface area contributed by atoms with Crippen molar-refractivity contribution >= 4 is 5.78 Å². The van der Waals surface area contributed by atoms with E-state index in [0.29, 0.717) is 24.6 Å². The standard InChI is InChI=1S/C16H23NO2/c1-3-15(18)14-8-4-5-9-16(14)19-12-10-13-7-6-11-17(13)2/h4-5,8-9,13H,3,6-7,10-12H2,1-2H3. The monoisotopic (exact) mass is 261 g/mol. The van der Waals surface area contributed by atoms with Gasteiger partial charge in [0.2, 0.25) is 0 Å². The van der Waals surface area contributed by atoms with E-state index >= 15 is 0 Å². The molecule has 0 spiro atoms.